The molecule has 0 aliphatic carbocycles. The number of benzene rings is 1. The van der Waals surface area contributed by atoms with Crippen LogP contribution in [-0.2, 0) is 0 Å². The van der Waals surface area contributed by atoms with Gasteiger partial charge in [0, 0.05) is 28.8 Å². The number of hydrogen-bond acceptors (Lipinski definition) is 1. The number of nitrogens with zero attached hydrogens (tertiary/aromatic N) is 2. The predicted octanol–water partition coefficient (Wildman–Crippen LogP) is 3.14. The summed E-state index contributed by atoms with van der Waals surface area (Å²) in [6.45, 7) is 1.79. The maximum atomic E-state index is 7.82. The monoisotopic (exact) mass is 313 g/mol. The van der Waals surface area contributed by atoms with E-state index in [-0.39, 0.29) is 5.96 Å². The van der Waals surface area contributed by atoms with E-state index in [2.05, 4.69) is 10.3 Å². The van der Waals surface area contributed by atoms with Gasteiger partial charge in [-0.3, -0.25) is 5.41 Å². The Balaban J connectivity index is 2.00. The third kappa shape index (κ3) is 4.28. The largest absolute Gasteiger partial charge is 0.369 e. The quantitative estimate of drug-likeness (QED) is 0.550. The van der Waals surface area contributed by atoms with Gasteiger partial charge < -0.3 is 16.0 Å². The van der Waals surface area contributed by atoms with Gasteiger partial charge in [-0.25, -0.2) is 0 Å². The van der Waals surface area contributed by atoms with Gasteiger partial charge >= 0.3 is 0 Å². The first-order chi connectivity index (χ1) is 9.54. The predicted molar refractivity (Wildman–Crippen MR) is 84.9 cm³/mol. The van der Waals surface area contributed by atoms with E-state index in [0.717, 1.165) is 25.9 Å². The molecule has 1 aromatic rings. The van der Waals surface area contributed by atoms with Gasteiger partial charge in [-0.15, -0.1) is 0 Å². The second-order valence-electron chi connectivity index (χ2n) is 4.65. The minimum absolute atomic E-state index is 0.0357. The summed E-state index contributed by atoms with van der Waals surface area (Å²) in [5, 5.41) is 11.6. The molecule has 0 unspecified atom stereocenters. The molecule has 4 N–H and O–H groups in total. The first-order valence-corrected chi connectivity index (χ1v) is 7.21. The van der Waals surface area contributed by atoms with Gasteiger partial charge in [-0.1, -0.05) is 23.2 Å². The summed E-state index contributed by atoms with van der Waals surface area (Å²) >= 11 is 11.8. The Labute approximate surface area is 128 Å². The minimum atomic E-state index is -0.0357. The summed E-state index contributed by atoms with van der Waals surface area (Å²) in [6, 6.07) is 4.98. The molecular formula is C13H17Cl2N5. The average Bonchev–Trinajstić information content (AvgIpc) is 2.38. The highest BCUT2D eigenvalue weighted by Crippen LogP contribution is 2.22. The van der Waals surface area contributed by atoms with Gasteiger partial charge in [-0.05, 0) is 37.5 Å². The number of halogens is 2. The summed E-state index contributed by atoms with van der Waals surface area (Å²) in [5.74, 6) is 0.335. The number of nitrogens with two attached hydrogens (primary N) is 1. The van der Waals surface area contributed by atoms with Crippen LogP contribution in [0.3, 0.4) is 0 Å². The van der Waals surface area contributed by atoms with E-state index in [1.165, 1.54) is 6.42 Å². The van der Waals surface area contributed by atoms with Crippen molar-refractivity contribution >= 4 is 40.8 Å². The summed E-state index contributed by atoms with van der Waals surface area (Å²) in [4.78, 5) is 6.05. The molecule has 1 aliphatic rings. The van der Waals surface area contributed by atoms with E-state index >= 15 is 0 Å². The van der Waals surface area contributed by atoms with Crippen LogP contribution in [0.1, 0.15) is 19.3 Å². The van der Waals surface area contributed by atoms with E-state index in [1.54, 1.807) is 18.2 Å². The lowest BCUT2D eigenvalue weighted by atomic mass is 10.1. The third-order valence-electron chi connectivity index (χ3n) is 3.03. The molecule has 0 bridgehead atoms. The van der Waals surface area contributed by atoms with Crippen LogP contribution in [0, 0.1) is 5.41 Å². The lowest BCUT2D eigenvalue weighted by Gasteiger charge is -2.27. The molecule has 0 saturated carbocycles. The van der Waals surface area contributed by atoms with Gasteiger partial charge in [0.1, 0.15) is 0 Å². The van der Waals surface area contributed by atoms with Crippen molar-refractivity contribution in [2.45, 2.75) is 19.3 Å². The summed E-state index contributed by atoms with van der Waals surface area (Å²) in [7, 11) is 0. The molecule has 1 saturated heterocycles. The Morgan fingerprint density at radius 2 is 1.75 bits per heavy atom. The van der Waals surface area contributed by atoms with Crippen LogP contribution in [0.4, 0.5) is 5.69 Å². The van der Waals surface area contributed by atoms with Crippen LogP contribution >= 0.6 is 23.2 Å². The molecule has 0 radical (unpaired) electrons. The molecule has 7 heteroatoms. The van der Waals surface area contributed by atoms with Crippen molar-refractivity contribution in [1.29, 1.82) is 5.41 Å². The van der Waals surface area contributed by atoms with Crippen LogP contribution in [0.25, 0.3) is 0 Å². The van der Waals surface area contributed by atoms with Crippen molar-refractivity contribution in [3.63, 3.8) is 0 Å². The molecule has 1 aliphatic heterocycles. The summed E-state index contributed by atoms with van der Waals surface area (Å²) in [6.07, 6.45) is 3.45. The van der Waals surface area contributed by atoms with Crippen molar-refractivity contribution in [3.05, 3.63) is 28.2 Å². The Bertz CT molecular complexity index is 503. The van der Waals surface area contributed by atoms with Gasteiger partial charge in [0.05, 0.1) is 0 Å². The first-order valence-electron chi connectivity index (χ1n) is 6.45. The number of anilines is 1. The van der Waals surface area contributed by atoms with Crippen molar-refractivity contribution in [2.75, 3.05) is 18.4 Å². The molecule has 0 amide bonds. The highest BCUT2D eigenvalue weighted by molar-refractivity contribution is 6.35. The van der Waals surface area contributed by atoms with E-state index in [4.69, 9.17) is 34.3 Å². The Kier molecular flexibility index (Phi) is 5.09. The van der Waals surface area contributed by atoms with Crippen molar-refractivity contribution < 1.29 is 0 Å². The zero-order chi connectivity index (χ0) is 14.5. The smallest absolute Gasteiger partial charge is 0.222 e. The van der Waals surface area contributed by atoms with E-state index in [9.17, 15) is 0 Å². The lowest BCUT2D eigenvalue weighted by Crippen LogP contribution is -2.41. The number of piperidine rings is 1. The number of nitrogens with one attached hydrogen (secondary N) is 2. The van der Waals surface area contributed by atoms with Gasteiger partial charge in [-0.2, -0.15) is 4.99 Å². The molecule has 108 valence electrons. The number of guanidine groups is 2. The zero-order valence-electron chi connectivity index (χ0n) is 11.0. The maximum absolute atomic E-state index is 7.82. The second-order valence-corrected chi connectivity index (χ2v) is 5.52. The summed E-state index contributed by atoms with van der Waals surface area (Å²) in [5.41, 5.74) is 6.52. The highest BCUT2D eigenvalue weighted by atomic mass is 35.5. The molecule has 0 spiro atoms. The average molecular weight is 314 g/mol. The van der Waals surface area contributed by atoms with E-state index in [1.807, 2.05) is 4.90 Å². The summed E-state index contributed by atoms with van der Waals surface area (Å²) < 4.78 is 0. The van der Waals surface area contributed by atoms with Gasteiger partial charge in [0.2, 0.25) is 5.96 Å². The van der Waals surface area contributed by atoms with Crippen molar-refractivity contribution in [3.8, 4) is 0 Å². The van der Waals surface area contributed by atoms with Crippen LogP contribution in [-0.4, -0.2) is 29.9 Å². The first kappa shape index (κ1) is 14.9. The molecule has 1 fully saturated rings. The van der Waals surface area contributed by atoms with Gasteiger partial charge in [0.25, 0.3) is 0 Å². The van der Waals surface area contributed by atoms with Crippen molar-refractivity contribution in [2.24, 2.45) is 10.7 Å². The molecule has 1 heterocycles. The van der Waals surface area contributed by atoms with Crippen molar-refractivity contribution in [1.82, 2.24) is 4.90 Å². The number of rotatable bonds is 1. The fourth-order valence-electron chi connectivity index (χ4n) is 2.10. The van der Waals surface area contributed by atoms with Crippen LogP contribution in [0.15, 0.2) is 23.2 Å². The molecule has 2 rings (SSSR count). The lowest BCUT2D eigenvalue weighted by molar-refractivity contribution is 0.339. The fraction of sp³-hybridized carbons (Fsp3) is 0.385. The number of aliphatic imine (C=N–C) groups is 1. The Hall–Kier alpha value is -1.46. The highest BCUT2D eigenvalue weighted by Gasteiger charge is 2.12. The number of hydrogen-bond donors (Lipinski definition) is 3. The number of likely N-dealkylation sites (tertiary alicyclic amines) is 1. The van der Waals surface area contributed by atoms with Crippen LogP contribution in [0.2, 0.25) is 10.0 Å². The zero-order valence-corrected chi connectivity index (χ0v) is 12.5. The second kappa shape index (κ2) is 6.81. The Morgan fingerprint density at radius 3 is 2.35 bits per heavy atom. The van der Waals surface area contributed by atoms with Crippen LogP contribution in [0.5, 0.6) is 0 Å². The fourth-order valence-corrected chi connectivity index (χ4v) is 2.62. The molecule has 0 atom stereocenters. The normalized spacial score (nSPS) is 16.1. The SMILES string of the molecule is N=C(N=C(N)N1CCCCC1)Nc1cc(Cl)cc(Cl)c1. The molecule has 20 heavy (non-hydrogen) atoms. The standard InChI is InChI=1S/C13H17Cl2N5/c14-9-6-10(15)8-11(7-9)18-12(16)19-13(17)20-4-2-1-3-5-20/h6-8H,1-5H2,(H4,16,17,18,19). The van der Waals surface area contributed by atoms with Gasteiger partial charge in [0.15, 0.2) is 5.96 Å². The van der Waals surface area contributed by atoms with E-state index in [0.29, 0.717) is 21.7 Å². The molecular weight excluding hydrogens is 297 g/mol. The third-order valence-corrected chi connectivity index (χ3v) is 3.47. The molecule has 0 aromatic heterocycles. The minimum Gasteiger partial charge on any atom is -0.369 e. The maximum Gasteiger partial charge on any atom is 0.222 e. The van der Waals surface area contributed by atoms with Crippen LogP contribution < -0.4 is 11.1 Å². The molecule has 5 nitrogen and oxygen atoms in total. The topological polar surface area (TPSA) is 77.5 Å². The molecule has 1 aromatic carbocycles. The van der Waals surface area contributed by atoms with E-state index < -0.39 is 0 Å². The Morgan fingerprint density at radius 1 is 1.15 bits per heavy atom.